The predicted molar refractivity (Wildman–Crippen MR) is 139 cm³/mol. The number of pyridine rings is 1. The lowest BCUT2D eigenvalue weighted by Crippen LogP contribution is -2.40. The van der Waals surface area contributed by atoms with Gasteiger partial charge in [-0.15, -0.1) is 0 Å². The molecule has 7 nitrogen and oxygen atoms in total. The molecule has 3 aromatic heterocycles. The summed E-state index contributed by atoms with van der Waals surface area (Å²) in [4.78, 5) is 23.5. The number of imidazole rings is 2. The largest absolute Gasteiger partial charge is 0.378 e. The second kappa shape index (κ2) is 9.33. The molecule has 1 aliphatic rings. The van der Waals surface area contributed by atoms with Crippen LogP contribution >= 0.6 is 0 Å². The van der Waals surface area contributed by atoms with Gasteiger partial charge in [-0.3, -0.25) is 9.20 Å². The van der Waals surface area contributed by atoms with Crippen LogP contribution < -0.4 is 0 Å². The summed E-state index contributed by atoms with van der Waals surface area (Å²) in [7, 11) is 0. The average Bonchev–Trinajstić information content (AvgIpc) is 3.55. The summed E-state index contributed by atoms with van der Waals surface area (Å²) in [6, 6.07) is 17.9. The van der Waals surface area contributed by atoms with Gasteiger partial charge in [-0.1, -0.05) is 18.1 Å². The first-order chi connectivity index (χ1) is 17.7. The van der Waals surface area contributed by atoms with E-state index in [1.807, 2.05) is 70.4 Å². The van der Waals surface area contributed by atoms with Gasteiger partial charge in [-0.25, -0.2) is 9.97 Å². The van der Waals surface area contributed by atoms with Crippen molar-refractivity contribution in [1.82, 2.24) is 23.8 Å². The zero-order valence-electron chi connectivity index (χ0n) is 20.0. The Bertz CT molecular complexity index is 1630. The van der Waals surface area contributed by atoms with Gasteiger partial charge >= 0.3 is 0 Å². The monoisotopic (exact) mass is 475 g/mol. The maximum Gasteiger partial charge on any atom is 0.254 e. The molecule has 0 aliphatic carbocycles. The van der Waals surface area contributed by atoms with E-state index in [-0.39, 0.29) is 5.91 Å². The van der Waals surface area contributed by atoms with Gasteiger partial charge in [-0.2, -0.15) is 0 Å². The summed E-state index contributed by atoms with van der Waals surface area (Å²) in [5, 5.41) is 0. The summed E-state index contributed by atoms with van der Waals surface area (Å²) < 4.78 is 9.47. The van der Waals surface area contributed by atoms with Crippen molar-refractivity contribution in [3.63, 3.8) is 0 Å². The molecule has 6 rings (SSSR count). The molecular weight excluding hydrogens is 450 g/mol. The van der Waals surface area contributed by atoms with Gasteiger partial charge in [0.2, 0.25) is 0 Å². The van der Waals surface area contributed by atoms with Crippen LogP contribution in [-0.2, 0) is 11.3 Å². The number of hydrogen-bond acceptors (Lipinski definition) is 4. The Balaban J connectivity index is 1.27. The number of amides is 1. The number of fused-ring (bicyclic) bond motifs is 2. The zero-order valence-corrected chi connectivity index (χ0v) is 20.0. The van der Waals surface area contributed by atoms with Crippen LogP contribution in [0.5, 0.6) is 0 Å². The number of aromatic nitrogens is 4. The molecule has 0 N–H and O–H groups in total. The van der Waals surface area contributed by atoms with Gasteiger partial charge < -0.3 is 14.2 Å². The molecule has 2 aromatic carbocycles. The first-order valence-corrected chi connectivity index (χ1v) is 12.1. The third kappa shape index (κ3) is 4.12. The summed E-state index contributed by atoms with van der Waals surface area (Å²) in [6.07, 6.45) is 5.70. The third-order valence-corrected chi connectivity index (χ3v) is 6.57. The van der Waals surface area contributed by atoms with Crippen LogP contribution in [0.4, 0.5) is 0 Å². The predicted octanol–water partition coefficient (Wildman–Crippen LogP) is 4.24. The molecular formula is C29H25N5O2. The number of aryl methyl sites for hydroxylation is 1. The van der Waals surface area contributed by atoms with Crippen molar-refractivity contribution >= 4 is 22.6 Å². The molecule has 1 aliphatic heterocycles. The van der Waals surface area contributed by atoms with Crippen molar-refractivity contribution in [2.75, 3.05) is 26.3 Å². The fourth-order valence-electron chi connectivity index (χ4n) is 4.52. The Labute approximate surface area is 209 Å². The van der Waals surface area contributed by atoms with Crippen molar-refractivity contribution in [1.29, 1.82) is 0 Å². The number of carbonyl (C=O) groups excluding carboxylic acids is 1. The van der Waals surface area contributed by atoms with Gasteiger partial charge in [0.25, 0.3) is 5.91 Å². The van der Waals surface area contributed by atoms with Gasteiger partial charge in [0.15, 0.2) is 0 Å². The summed E-state index contributed by atoms with van der Waals surface area (Å²) in [5.74, 6) is 6.61. The third-order valence-electron chi connectivity index (χ3n) is 6.57. The zero-order chi connectivity index (χ0) is 24.5. The smallest absolute Gasteiger partial charge is 0.254 e. The van der Waals surface area contributed by atoms with Crippen molar-refractivity contribution in [2.24, 2.45) is 0 Å². The van der Waals surface area contributed by atoms with E-state index in [4.69, 9.17) is 4.74 Å². The number of benzene rings is 2. The fraction of sp³-hybridized carbons (Fsp3) is 0.207. The van der Waals surface area contributed by atoms with Gasteiger partial charge in [0, 0.05) is 37.0 Å². The standard InChI is InChI=1S/C29H25N5O2/c1-2-32-20-31-26-11-4-21(17-27(26)32)3-10-25-18-30-28-12-9-24(19-34(25)28)22-5-7-23(8-6-22)29(35)33-13-15-36-16-14-33/h4-9,11-12,17-20H,2,13-16H2,1H3. The lowest BCUT2D eigenvalue weighted by atomic mass is 10.0. The Morgan fingerprint density at radius 1 is 0.972 bits per heavy atom. The lowest BCUT2D eigenvalue weighted by molar-refractivity contribution is 0.0303. The van der Waals surface area contributed by atoms with Crippen molar-refractivity contribution in [3.05, 3.63) is 90.1 Å². The highest BCUT2D eigenvalue weighted by Gasteiger charge is 2.18. The first-order valence-electron chi connectivity index (χ1n) is 12.1. The minimum atomic E-state index is 0.0487. The van der Waals surface area contributed by atoms with Crippen LogP contribution in [0, 0.1) is 11.8 Å². The average molecular weight is 476 g/mol. The molecule has 1 fully saturated rings. The maximum absolute atomic E-state index is 12.8. The topological polar surface area (TPSA) is 64.7 Å². The minimum absolute atomic E-state index is 0.0487. The number of morpholine rings is 1. The number of carbonyl (C=O) groups is 1. The van der Waals surface area contributed by atoms with E-state index in [2.05, 4.69) is 39.4 Å². The quantitative estimate of drug-likeness (QED) is 0.366. The molecule has 0 spiro atoms. The number of ether oxygens (including phenoxy) is 1. The second-order valence-corrected chi connectivity index (χ2v) is 8.76. The Morgan fingerprint density at radius 2 is 1.78 bits per heavy atom. The second-order valence-electron chi connectivity index (χ2n) is 8.76. The van der Waals surface area contributed by atoms with Crippen LogP contribution in [0.3, 0.4) is 0 Å². The molecule has 178 valence electrons. The molecule has 4 heterocycles. The van der Waals surface area contributed by atoms with Crippen molar-refractivity contribution in [2.45, 2.75) is 13.5 Å². The highest BCUT2D eigenvalue weighted by atomic mass is 16.5. The van der Waals surface area contributed by atoms with Crippen LogP contribution in [0.25, 0.3) is 27.8 Å². The summed E-state index contributed by atoms with van der Waals surface area (Å²) in [6.45, 7) is 5.43. The van der Waals surface area contributed by atoms with E-state index in [0.717, 1.165) is 45.6 Å². The number of hydrogen-bond donors (Lipinski definition) is 0. The number of rotatable bonds is 3. The van der Waals surface area contributed by atoms with E-state index in [9.17, 15) is 4.79 Å². The molecule has 7 heteroatoms. The highest BCUT2D eigenvalue weighted by molar-refractivity contribution is 5.94. The van der Waals surface area contributed by atoms with Crippen LogP contribution in [-0.4, -0.2) is 56.0 Å². The van der Waals surface area contributed by atoms with Crippen LogP contribution in [0.2, 0.25) is 0 Å². The molecule has 36 heavy (non-hydrogen) atoms. The normalized spacial score (nSPS) is 13.6. The number of nitrogens with zero attached hydrogens (tertiary/aromatic N) is 5. The van der Waals surface area contributed by atoms with Crippen molar-refractivity contribution < 1.29 is 9.53 Å². The van der Waals surface area contributed by atoms with E-state index in [1.54, 1.807) is 6.20 Å². The minimum Gasteiger partial charge on any atom is -0.378 e. The van der Waals surface area contributed by atoms with Gasteiger partial charge in [0.05, 0.1) is 36.8 Å². The van der Waals surface area contributed by atoms with Crippen LogP contribution in [0.1, 0.15) is 28.5 Å². The highest BCUT2D eigenvalue weighted by Crippen LogP contribution is 2.22. The van der Waals surface area contributed by atoms with E-state index >= 15 is 0 Å². The molecule has 1 amide bonds. The van der Waals surface area contributed by atoms with E-state index in [1.165, 1.54) is 0 Å². The lowest BCUT2D eigenvalue weighted by Gasteiger charge is -2.26. The van der Waals surface area contributed by atoms with Crippen molar-refractivity contribution in [3.8, 4) is 23.0 Å². The molecule has 1 saturated heterocycles. The molecule has 0 atom stereocenters. The van der Waals surface area contributed by atoms with Gasteiger partial charge in [0.1, 0.15) is 11.3 Å². The first kappa shape index (κ1) is 22.1. The molecule has 0 radical (unpaired) electrons. The molecule has 0 saturated carbocycles. The summed E-state index contributed by atoms with van der Waals surface area (Å²) in [5.41, 5.74) is 7.39. The molecule has 0 bridgehead atoms. The fourth-order valence-corrected chi connectivity index (χ4v) is 4.52. The van der Waals surface area contributed by atoms with Gasteiger partial charge in [-0.05, 0) is 66.4 Å². The maximum atomic E-state index is 12.8. The molecule has 5 aromatic rings. The van der Waals surface area contributed by atoms with E-state index < -0.39 is 0 Å². The Hall–Kier alpha value is -4.41. The Kier molecular flexibility index (Phi) is 5.72. The summed E-state index contributed by atoms with van der Waals surface area (Å²) >= 11 is 0. The van der Waals surface area contributed by atoms with Crippen LogP contribution in [0.15, 0.2) is 73.3 Å². The molecule has 0 unspecified atom stereocenters. The Morgan fingerprint density at radius 3 is 2.58 bits per heavy atom. The SMILES string of the molecule is CCn1cnc2ccc(C#Cc3cnc4ccc(-c5ccc(C(=O)N6CCOCC6)cc5)cn34)cc21. The van der Waals surface area contributed by atoms with E-state index in [0.29, 0.717) is 31.9 Å².